The van der Waals surface area contributed by atoms with Crippen LogP contribution in [0.25, 0.3) is 0 Å². The van der Waals surface area contributed by atoms with Crippen molar-refractivity contribution in [2.45, 2.75) is 32.2 Å². The van der Waals surface area contributed by atoms with E-state index in [4.69, 9.17) is 23.5 Å². The highest BCUT2D eigenvalue weighted by Crippen LogP contribution is 2.29. The number of cyclic esters (lactones) is 2. The van der Waals surface area contributed by atoms with Gasteiger partial charge in [-0.2, -0.15) is 16.8 Å². The Labute approximate surface area is 335 Å². The number of phenols is 1. The first kappa shape index (κ1) is 45.6. The Bertz CT molecular complexity index is 2110. The van der Waals surface area contributed by atoms with E-state index in [1.165, 1.54) is 47.1 Å². The molecule has 3 atom stereocenters. The second-order valence-electron chi connectivity index (χ2n) is 13.6. The quantitative estimate of drug-likeness (QED) is 0.236. The molecule has 3 aliphatic rings. The van der Waals surface area contributed by atoms with E-state index >= 15 is 0 Å². The van der Waals surface area contributed by atoms with Crippen LogP contribution in [0.4, 0.5) is 29.7 Å². The number of nitrogens with zero attached hydrogens (tertiary/aromatic N) is 3. The van der Waals surface area contributed by atoms with Gasteiger partial charge in [0.25, 0.3) is 20.2 Å². The number of halogens is 2. The lowest BCUT2D eigenvalue weighted by molar-refractivity contribution is -0.119. The molecule has 58 heavy (non-hydrogen) atoms. The first-order valence-electron chi connectivity index (χ1n) is 17.8. The van der Waals surface area contributed by atoms with Gasteiger partial charge in [0, 0.05) is 25.6 Å². The molecule has 0 aromatic heterocycles. The van der Waals surface area contributed by atoms with E-state index in [-0.39, 0.29) is 50.2 Å². The summed E-state index contributed by atoms with van der Waals surface area (Å²) in [7, 11) is -4.86. The van der Waals surface area contributed by atoms with E-state index in [9.17, 15) is 40.0 Å². The van der Waals surface area contributed by atoms with Gasteiger partial charge in [-0.05, 0) is 55.8 Å². The minimum Gasteiger partial charge on any atom is -0.505 e. The zero-order chi connectivity index (χ0) is 42.6. The summed E-state index contributed by atoms with van der Waals surface area (Å²) < 4.78 is 95.8. The van der Waals surface area contributed by atoms with Crippen molar-refractivity contribution in [3.05, 3.63) is 83.9 Å². The van der Waals surface area contributed by atoms with E-state index in [2.05, 4.69) is 14.4 Å². The molecule has 0 spiro atoms. The number of likely N-dealkylation sites (tertiary alicyclic amines) is 1. The minimum absolute atomic E-state index is 0.0536. The topological polar surface area (TPSA) is 208 Å². The van der Waals surface area contributed by atoms with Gasteiger partial charge < -0.3 is 29.5 Å². The van der Waals surface area contributed by atoms with Gasteiger partial charge in [0.05, 0.1) is 50.1 Å². The standard InChI is InChI=1S/C18H18FNO6S.C12H13FN2O4.C7H15NO3S/c1-27(22,23)25-12-15-10-20(18(21)26-15)14-7-8-17(16(19)9-14)24-11-13-5-3-2-4-6-13;1-7(16)14-5-9-6-15(12(18)19-9)8-2-3-11(17)10(13)4-8;1-8-4-3-7(5-8)6-11-12(2,9)10/h2-9,15H,10-12H2,1H3;2-4,9,17H,5-6H2,1H3,(H,14,16);7H,3-6H2,1-2H3/t15-;9-;7-/m100/s1. The second-order valence-corrected chi connectivity index (χ2v) is 16.9. The largest absolute Gasteiger partial charge is 0.505 e. The summed E-state index contributed by atoms with van der Waals surface area (Å²) in [5, 5.41) is 11.6. The number of rotatable bonds is 13. The molecule has 2 N–H and O–H groups in total. The Morgan fingerprint density at radius 2 is 1.40 bits per heavy atom. The molecule has 0 unspecified atom stereocenters. The lowest BCUT2D eigenvalue weighted by Gasteiger charge is -2.14. The van der Waals surface area contributed by atoms with E-state index in [0.29, 0.717) is 18.2 Å². The first-order valence-corrected chi connectivity index (χ1v) is 21.4. The molecule has 3 aromatic rings. The fraction of sp³-hybridized carbons (Fsp3) is 0.432. The van der Waals surface area contributed by atoms with Crippen LogP contribution in [0, 0.1) is 17.6 Å². The van der Waals surface area contributed by atoms with Crippen molar-refractivity contribution in [2.75, 3.05) is 75.3 Å². The summed E-state index contributed by atoms with van der Waals surface area (Å²) in [5.74, 6) is -1.68. The third kappa shape index (κ3) is 15.0. The fourth-order valence-corrected chi connectivity index (χ4v) is 6.51. The Morgan fingerprint density at radius 3 is 1.95 bits per heavy atom. The van der Waals surface area contributed by atoms with Gasteiger partial charge in [-0.15, -0.1) is 0 Å². The van der Waals surface area contributed by atoms with Gasteiger partial charge in [0.15, 0.2) is 23.1 Å². The van der Waals surface area contributed by atoms with Crippen LogP contribution in [0.2, 0.25) is 0 Å². The molecule has 6 rings (SSSR count). The highest BCUT2D eigenvalue weighted by molar-refractivity contribution is 7.86. The van der Waals surface area contributed by atoms with Crippen molar-refractivity contribution in [1.29, 1.82) is 0 Å². The summed E-state index contributed by atoms with van der Waals surface area (Å²) >= 11 is 0. The smallest absolute Gasteiger partial charge is 0.414 e. The number of nitrogens with one attached hydrogen (secondary N) is 1. The molecular formula is C37H46F2N4O13S2. The SMILES string of the molecule is CC(=O)NC[C@H]1CN(c2ccc(O)c(F)c2)C(=O)O1.CN1CC[C@H](COS(C)(=O)=O)C1.CS(=O)(=O)OC[C@H]1CN(c2ccc(OCc3ccccc3)c(F)c2)C(=O)O1. The van der Waals surface area contributed by atoms with Gasteiger partial charge in [-0.1, -0.05) is 30.3 Å². The lowest BCUT2D eigenvalue weighted by atomic mass is 10.1. The first-order chi connectivity index (χ1) is 27.3. The maximum absolute atomic E-state index is 14.3. The average molecular weight is 857 g/mol. The Balaban J connectivity index is 0.000000209. The molecule has 3 aromatic carbocycles. The molecule has 21 heteroatoms. The summed E-state index contributed by atoms with van der Waals surface area (Å²) in [6.07, 6.45) is 0.482. The molecule has 3 saturated heterocycles. The van der Waals surface area contributed by atoms with E-state index in [1.807, 2.05) is 37.4 Å². The van der Waals surface area contributed by atoms with E-state index in [1.54, 1.807) is 0 Å². The number of benzene rings is 3. The van der Waals surface area contributed by atoms with Crippen molar-refractivity contribution >= 4 is 49.7 Å². The summed E-state index contributed by atoms with van der Waals surface area (Å²) in [6, 6.07) is 17.1. The third-order valence-corrected chi connectivity index (χ3v) is 9.64. The van der Waals surface area contributed by atoms with Crippen LogP contribution >= 0.6 is 0 Å². The fourth-order valence-electron chi connectivity index (χ4n) is 5.67. The van der Waals surface area contributed by atoms with Gasteiger partial charge in [-0.25, -0.2) is 18.4 Å². The van der Waals surface area contributed by atoms with Crippen LogP contribution in [-0.4, -0.2) is 123 Å². The van der Waals surface area contributed by atoms with Gasteiger partial charge in [0.2, 0.25) is 5.91 Å². The van der Waals surface area contributed by atoms with Crippen molar-refractivity contribution < 1.29 is 67.7 Å². The second kappa shape index (κ2) is 20.6. The molecule has 0 radical (unpaired) electrons. The third-order valence-electron chi connectivity index (χ3n) is 8.51. The molecule has 0 bridgehead atoms. The van der Waals surface area contributed by atoms with E-state index in [0.717, 1.165) is 43.7 Å². The maximum atomic E-state index is 14.3. The van der Waals surface area contributed by atoms with Crippen LogP contribution in [0.1, 0.15) is 18.9 Å². The molecule has 3 heterocycles. The Hall–Kier alpha value is -5.09. The number of hydrogen-bond donors (Lipinski definition) is 2. The lowest BCUT2D eigenvalue weighted by Crippen LogP contribution is -2.33. The number of aromatic hydroxyl groups is 1. The molecule has 3 fully saturated rings. The minimum atomic E-state index is -3.64. The van der Waals surface area contributed by atoms with Crippen LogP contribution < -0.4 is 19.9 Å². The van der Waals surface area contributed by atoms with Gasteiger partial charge >= 0.3 is 12.2 Å². The van der Waals surface area contributed by atoms with Crippen LogP contribution in [-0.2, 0) is 49.5 Å². The number of hydrogen-bond acceptors (Lipinski definition) is 14. The van der Waals surface area contributed by atoms with Crippen molar-refractivity contribution in [2.24, 2.45) is 5.92 Å². The highest BCUT2D eigenvalue weighted by Gasteiger charge is 2.34. The molecule has 3 amide bonds. The van der Waals surface area contributed by atoms with Crippen LogP contribution in [0.3, 0.4) is 0 Å². The van der Waals surface area contributed by atoms with Gasteiger partial charge in [0.1, 0.15) is 25.4 Å². The molecular weight excluding hydrogens is 811 g/mol. The monoisotopic (exact) mass is 856 g/mol. The Morgan fingerprint density at radius 1 is 0.828 bits per heavy atom. The van der Waals surface area contributed by atoms with E-state index < -0.39 is 62.0 Å². The van der Waals surface area contributed by atoms with Crippen LogP contribution in [0.15, 0.2) is 66.7 Å². The number of carbonyl (C=O) groups is 3. The summed E-state index contributed by atoms with van der Waals surface area (Å²) in [5.41, 5.74) is 1.48. The van der Waals surface area contributed by atoms with Crippen molar-refractivity contribution in [1.82, 2.24) is 10.2 Å². The van der Waals surface area contributed by atoms with Gasteiger partial charge in [-0.3, -0.25) is 23.0 Å². The molecule has 3 aliphatic heterocycles. The normalized spacial score (nSPS) is 19.4. The zero-order valence-corrected chi connectivity index (χ0v) is 33.8. The molecule has 0 aliphatic carbocycles. The number of phenolic OH excluding ortho intramolecular Hbond substituents is 1. The molecule has 17 nitrogen and oxygen atoms in total. The molecule has 318 valence electrons. The highest BCUT2D eigenvalue weighted by atomic mass is 32.2. The van der Waals surface area contributed by atoms with Crippen molar-refractivity contribution in [3.8, 4) is 11.5 Å². The number of carbonyl (C=O) groups excluding carboxylic acids is 3. The Kier molecular flexibility index (Phi) is 16.2. The zero-order valence-electron chi connectivity index (χ0n) is 32.2. The number of amides is 3. The van der Waals surface area contributed by atoms with Crippen molar-refractivity contribution in [3.63, 3.8) is 0 Å². The average Bonchev–Trinajstić information content (AvgIpc) is 3.87. The maximum Gasteiger partial charge on any atom is 0.414 e. The summed E-state index contributed by atoms with van der Waals surface area (Å²) in [6.45, 7) is 4.08. The number of anilines is 2. The molecule has 0 saturated carbocycles. The predicted molar refractivity (Wildman–Crippen MR) is 206 cm³/mol. The van der Waals surface area contributed by atoms with Crippen LogP contribution in [0.5, 0.6) is 11.5 Å². The summed E-state index contributed by atoms with van der Waals surface area (Å²) in [4.78, 5) is 39.0. The predicted octanol–water partition coefficient (Wildman–Crippen LogP) is 3.61. The number of ether oxygens (including phenoxy) is 3.